The number of hydrogen-bond acceptors (Lipinski definition) is 5. The molecule has 0 aliphatic carbocycles. The molecule has 0 unspecified atom stereocenters. The molecule has 25 heavy (non-hydrogen) atoms. The Bertz CT molecular complexity index is 595. The smallest absolute Gasteiger partial charge is 0.220 e. The molecule has 2 fully saturated rings. The van der Waals surface area contributed by atoms with Crippen LogP contribution in [0.2, 0.25) is 0 Å². The van der Waals surface area contributed by atoms with Crippen molar-refractivity contribution >= 4 is 0 Å². The largest absolute Gasteiger partial charge is 0.349 e. The fourth-order valence-electron chi connectivity index (χ4n) is 3.79. The number of nitrogens with zero attached hydrogens (tertiary/aromatic N) is 1. The maximum Gasteiger partial charge on any atom is 0.220 e. The van der Waals surface area contributed by atoms with Crippen LogP contribution in [0.5, 0.6) is 0 Å². The Balaban J connectivity index is 1.80. The summed E-state index contributed by atoms with van der Waals surface area (Å²) in [5.41, 5.74) is 1.29. The zero-order chi connectivity index (χ0) is 18.1. The van der Waals surface area contributed by atoms with Crippen LogP contribution in [0, 0.1) is 5.92 Å². The van der Waals surface area contributed by atoms with Crippen LogP contribution in [0.15, 0.2) is 43.0 Å². The molecule has 0 amide bonds. The number of fused-ring (bicyclic) bond motifs is 1. The van der Waals surface area contributed by atoms with Gasteiger partial charge < -0.3 is 18.9 Å². The zero-order valence-corrected chi connectivity index (χ0v) is 15.6. The first-order chi connectivity index (χ1) is 11.9. The molecule has 5 atom stereocenters. The number of rotatable bonds is 5. The Morgan fingerprint density at radius 1 is 1.12 bits per heavy atom. The van der Waals surface area contributed by atoms with E-state index in [4.69, 9.17) is 18.9 Å². The third kappa shape index (κ3) is 3.39. The molecule has 2 heterocycles. The minimum atomic E-state index is -0.968. The SMILES string of the molecule is C=C[C@H]1CN(Cc2ccccc2)C[C@H]2O[C@](C)(OC)[C@@](C)(OC)O[C@H]12. The van der Waals surface area contributed by atoms with Gasteiger partial charge in [-0.2, -0.15) is 0 Å². The highest BCUT2D eigenvalue weighted by Crippen LogP contribution is 2.43. The second kappa shape index (κ2) is 7.17. The van der Waals surface area contributed by atoms with Crippen LogP contribution in [0.4, 0.5) is 0 Å². The van der Waals surface area contributed by atoms with Gasteiger partial charge in [0.25, 0.3) is 0 Å². The van der Waals surface area contributed by atoms with Crippen LogP contribution in [0.25, 0.3) is 0 Å². The van der Waals surface area contributed by atoms with Crippen LogP contribution >= 0.6 is 0 Å². The molecule has 2 aliphatic rings. The second-order valence-corrected chi connectivity index (χ2v) is 7.12. The molecule has 2 aliphatic heterocycles. The Hall–Kier alpha value is -1.24. The number of likely N-dealkylation sites (tertiary alicyclic amines) is 1. The highest BCUT2D eigenvalue weighted by atomic mass is 16.8. The highest BCUT2D eigenvalue weighted by Gasteiger charge is 2.58. The van der Waals surface area contributed by atoms with Crippen molar-refractivity contribution in [2.45, 2.75) is 44.2 Å². The van der Waals surface area contributed by atoms with Crippen LogP contribution < -0.4 is 0 Å². The van der Waals surface area contributed by atoms with Crippen LogP contribution in [-0.4, -0.2) is 56.0 Å². The average Bonchev–Trinajstić information content (AvgIpc) is 2.63. The normalized spacial score (nSPS) is 39.0. The lowest BCUT2D eigenvalue weighted by Gasteiger charge is -2.56. The number of hydrogen-bond donors (Lipinski definition) is 0. The summed E-state index contributed by atoms with van der Waals surface area (Å²) in [7, 11) is 3.24. The molecule has 0 spiro atoms. The van der Waals surface area contributed by atoms with E-state index in [1.165, 1.54) is 5.56 Å². The first-order valence-corrected chi connectivity index (χ1v) is 8.79. The molecule has 1 aromatic rings. The van der Waals surface area contributed by atoms with Gasteiger partial charge in [-0.3, -0.25) is 4.90 Å². The van der Waals surface area contributed by atoms with Crippen molar-refractivity contribution in [1.29, 1.82) is 0 Å². The third-order valence-electron chi connectivity index (χ3n) is 5.59. The summed E-state index contributed by atoms with van der Waals surface area (Å²) in [6.45, 7) is 10.3. The summed E-state index contributed by atoms with van der Waals surface area (Å²) in [6, 6.07) is 10.5. The molecule has 2 saturated heterocycles. The first-order valence-electron chi connectivity index (χ1n) is 8.79. The summed E-state index contributed by atoms with van der Waals surface area (Å²) in [5, 5.41) is 0. The van der Waals surface area contributed by atoms with Gasteiger partial charge in [-0.1, -0.05) is 36.4 Å². The van der Waals surface area contributed by atoms with Crippen molar-refractivity contribution in [2.75, 3.05) is 27.3 Å². The maximum absolute atomic E-state index is 6.37. The Morgan fingerprint density at radius 3 is 2.36 bits per heavy atom. The molecular weight excluding hydrogens is 318 g/mol. The molecule has 0 saturated carbocycles. The predicted octanol–water partition coefficient (Wildman–Crippen LogP) is 2.81. The van der Waals surface area contributed by atoms with Crippen molar-refractivity contribution in [3.63, 3.8) is 0 Å². The monoisotopic (exact) mass is 347 g/mol. The molecule has 0 radical (unpaired) electrons. The van der Waals surface area contributed by atoms with Gasteiger partial charge in [-0.15, -0.1) is 6.58 Å². The quantitative estimate of drug-likeness (QED) is 0.766. The van der Waals surface area contributed by atoms with Crippen molar-refractivity contribution in [3.05, 3.63) is 48.6 Å². The summed E-state index contributed by atoms with van der Waals surface area (Å²) >= 11 is 0. The van der Waals surface area contributed by atoms with E-state index in [9.17, 15) is 0 Å². The molecule has 1 aromatic carbocycles. The molecule has 0 bridgehead atoms. The van der Waals surface area contributed by atoms with Crippen LogP contribution in [0.1, 0.15) is 19.4 Å². The van der Waals surface area contributed by atoms with Crippen molar-refractivity contribution in [1.82, 2.24) is 4.90 Å². The summed E-state index contributed by atoms with van der Waals surface area (Å²) in [6.07, 6.45) is 1.76. The predicted molar refractivity (Wildman–Crippen MR) is 96.0 cm³/mol. The van der Waals surface area contributed by atoms with E-state index in [0.717, 1.165) is 19.6 Å². The lowest BCUT2D eigenvalue weighted by molar-refractivity contribution is -0.455. The van der Waals surface area contributed by atoms with Crippen molar-refractivity contribution < 1.29 is 18.9 Å². The van der Waals surface area contributed by atoms with Gasteiger partial charge in [0.15, 0.2) is 0 Å². The molecule has 3 rings (SSSR count). The number of methoxy groups -OCH3 is 2. The van der Waals surface area contributed by atoms with E-state index >= 15 is 0 Å². The van der Waals surface area contributed by atoms with Crippen LogP contribution in [-0.2, 0) is 25.5 Å². The van der Waals surface area contributed by atoms with Gasteiger partial charge in [0.1, 0.15) is 6.10 Å². The lowest BCUT2D eigenvalue weighted by Crippen LogP contribution is -2.69. The van der Waals surface area contributed by atoms with Gasteiger partial charge in [-0.05, 0) is 19.4 Å². The van der Waals surface area contributed by atoms with Gasteiger partial charge in [0, 0.05) is 39.8 Å². The molecule has 5 heteroatoms. The average molecular weight is 347 g/mol. The first kappa shape index (κ1) is 18.5. The standard InChI is InChI=1S/C20H29NO4/c1-6-16-13-21(12-15-10-8-7-9-11-15)14-17-18(16)25-20(3,23-5)19(2,22-4)24-17/h6-11,16-18H,1,12-14H2,2-5H3/t16-,17+,18+,19-,20-/m0/s1. The van der Waals surface area contributed by atoms with Gasteiger partial charge in [0.2, 0.25) is 11.6 Å². The molecule has 0 N–H and O–H groups in total. The molecule has 5 nitrogen and oxygen atoms in total. The van der Waals surface area contributed by atoms with E-state index in [2.05, 4.69) is 35.7 Å². The number of benzene rings is 1. The zero-order valence-electron chi connectivity index (χ0n) is 15.6. The highest BCUT2D eigenvalue weighted by molar-refractivity contribution is 5.15. The van der Waals surface area contributed by atoms with Crippen LogP contribution in [0.3, 0.4) is 0 Å². The maximum atomic E-state index is 6.37. The van der Waals surface area contributed by atoms with E-state index in [-0.39, 0.29) is 18.1 Å². The van der Waals surface area contributed by atoms with E-state index in [1.807, 2.05) is 26.0 Å². The number of piperidine rings is 1. The summed E-state index contributed by atoms with van der Waals surface area (Å²) < 4.78 is 24.0. The minimum Gasteiger partial charge on any atom is -0.349 e. The minimum absolute atomic E-state index is 0.0994. The van der Waals surface area contributed by atoms with E-state index < -0.39 is 11.6 Å². The lowest BCUT2D eigenvalue weighted by atomic mass is 9.89. The fourth-order valence-corrected chi connectivity index (χ4v) is 3.79. The Labute approximate surface area is 150 Å². The van der Waals surface area contributed by atoms with Crippen molar-refractivity contribution in [2.24, 2.45) is 5.92 Å². The summed E-state index contributed by atoms with van der Waals surface area (Å²) in [5.74, 6) is -1.77. The molecule has 0 aromatic heterocycles. The van der Waals surface area contributed by atoms with Gasteiger partial charge >= 0.3 is 0 Å². The van der Waals surface area contributed by atoms with E-state index in [1.54, 1.807) is 14.2 Å². The van der Waals surface area contributed by atoms with Gasteiger partial charge in [0.05, 0.1) is 6.10 Å². The fraction of sp³-hybridized carbons (Fsp3) is 0.600. The number of ether oxygens (including phenoxy) is 4. The second-order valence-electron chi connectivity index (χ2n) is 7.12. The Morgan fingerprint density at radius 2 is 1.76 bits per heavy atom. The molecular formula is C20H29NO4. The molecule has 138 valence electrons. The topological polar surface area (TPSA) is 40.2 Å². The third-order valence-corrected chi connectivity index (χ3v) is 5.59. The van der Waals surface area contributed by atoms with Crippen molar-refractivity contribution in [3.8, 4) is 0 Å². The Kier molecular flexibility index (Phi) is 5.32. The summed E-state index contributed by atoms with van der Waals surface area (Å²) in [4.78, 5) is 2.39. The van der Waals surface area contributed by atoms with Gasteiger partial charge in [-0.25, -0.2) is 0 Å². The van der Waals surface area contributed by atoms with E-state index in [0.29, 0.717) is 0 Å².